The van der Waals surface area contributed by atoms with E-state index >= 15 is 0 Å². The van der Waals surface area contributed by atoms with Gasteiger partial charge in [-0.25, -0.2) is 13.2 Å². The quantitative estimate of drug-likeness (QED) is 0.546. The molecule has 8 nitrogen and oxygen atoms in total. The first kappa shape index (κ1) is 22.4. The molecule has 1 aliphatic rings. The lowest BCUT2D eigenvalue weighted by Crippen LogP contribution is -2.32. The van der Waals surface area contributed by atoms with Gasteiger partial charge < -0.3 is 15.2 Å². The Morgan fingerprint density at radius 1 is 1.17 bits per heavy atom. The van der Waals surface area contributed by atoms with Crippen LogP contribution in [0.25, 0.3) is 0 Å². The lowest BCUT2D eigenvalue weighted by atomic mass is 10.0. The van der Waals surface area contributed by atoms with Gasteiger partial charge in [0.2, 0.25) is 0 Å². The number of nitrogens with one attached hydrogen (secondary N) is 1. The minimum absolute atomic E-state index is 0.0347. The number of hydrogen-bond acceptors (Lipinski definition) is 7. The zero-order chi connectivity index (χ0) is 22.3. The molecule has 0 aliphatic carbocycles. The van der Waals surface area contributed by atoms with Crippen LogP contribution in [0.15, 0.2) is 52.3 Å². The number of alkyl carbamates (subject to hydrolysis) is 1. The van der Waals surface area contributed by atoms with Crippen LogP contribution < -0.4 is 5.32 Å². The summed E-state index contributed by atoms with van der Waals surface area (Å²) in [6, 6.07) is 10.3. The van der Waals surface area contributed by atoms with Crippen LogP contribution >= 0.6 is 10.6 Å². The van der Waals surface area contributed by atoms with Gasteiger partial charge in [-0.05, 0) is 45.0 Å². The average Bonchev–Trinajstić information content (AvgIpc) is 2.92. The molecule has 1 amide bonds. The van der Waals surface area contributed by atoms with Crippen molar-refractivity contribution in [3.8, 4) is 5.75 Å². The van der Waals surface area contributed by atoms with Crippen molar-refractivity contribution in [1.29, 1.82) is 0 Å². The Kier molecular flexibility index (Phi) is 5.80. The molecular weight excluding hydrogens is 430 g/mol. The van der Waals surface area contributed by atoms with Crippen molar-refractivity contribution in [2.24, 2.45) is 0 Å². The number of benzene rings is 2. The molecule has 10 heteroatoms. The summed E-state index contributed by atoms with van der Waals surface area (Å²) in [5.74, 6) is -0.669. The van der Waals surface area contributed by atoms with E-state index in [9.17, 15) is 27.4 Å². The molecule has 2 aromatic carbocycles. The second-order valence-corrected chi connectivity index (χ2v) is 12.2. The number of phenolic OH excluding ortho intramolecular Hbond substituents is 1. The number of amides is 1. The predicted molar refractivity (Wildman–Crippen MR) is 114 cm³/mol. The molecule has 1 unspecified atom stereocenters. The number of aromatic hydroxyl groups is 1. The zero-order valence-electron chi connectivity index (χ0n) is 16.8. The van der Waals surface area contributed by atoms with E-state index < -0.39 is 43.1 Å². The Labute approximate surface area is 177 Å². The fourth-order valence-electron chi connectivity index (χ4n) is 3.33. The third kappa shape index (κ3) is 4.41. The highest BCUT2D eigenvalue weighted by atomic mass is 32.3. The topological polar surface area (TPSA) is 133 Å². The number of ether oxygens (including phenoxy) is 1. The van der Waals surface area contributed by atoms with Crippen molar-refractivity contribution < 1.29 is 32.2 Å². The molecule has 1 aliphatic heterocycles. The largest absolute Gasteiger partial charge is 0.508 e. The number of fused-ring (bicyclic) bond motifs is 1. The van der Waals surface area contributed by atoms with Gasteiger partial charge in [0.05, 0.1) is 22.1 Å². The summed E-state index contributed by atoms with van der Waals surface area (Å²) in [5, 5.41) is 11.6. The van der Waals surface area contributed by atoms with Gasteiger partial charge in [0.1, 0.15) is 16.6 Å². The van der Waals surface area contributed by atoms with E-state index in [0.29, 0.717) is 0 Å². The monoisotopic (exact) mass is 455 g/mol. The van der Waals surface area contributed by atoms with Crippen molar-refractivity contribution in [2.75, 3.05) is 5.75 Å². The standard InChI is InChI=1S/C20H25NO7S2/c1-20(2,3)28-19(23)21-11-14-15(22)9-10-16-18(14)17(12-29(16,24)25)30(26,27)13-7-5-4-6-8-13/h4-10,17,22,24-25H,11-12H2,1-3H3,(H,21,23). The Hall–Kier alpha value is -2.27. The maximum atomic E-state index is 13.3. The van der Waals surface area contributed by atoms with Crippen molar-refractivity contribution in [1.82, 2.24) is 5.32 Å². The van der Waals surface area contributed by atoms with Gasteiger partial charge in [-0.1, -0.05) is 18.2 Å². The van der Waals surface area contributed by atoms with Crippen molar-refractivity contribution in [3.63, 3.8) is 0 Å². The van der Waals surface area contributed by atoms with Gasteiger partial charge >= 0.3 is 6.09 Å². The lowest BCUT2D eigenvalue weighted by Gasteiger charge is -2.27. The molecule has 1 atom stereocenters. The summed E-state index contributed by atoms with van der Waals surface area (Å²) in [6.07, 6.45) is -0.744. The van der Waals surface area contributed by atoms with E-state index in [1.54, 1.807) is 39.0 Å². The number of hydrogen-bond donors (Lipinski definition) is 4. The van der Waals surface area contributed by atoms with Crippen molar-refractivity contribution in [3.05, 3.63) is 53.6 Å². The molecule has 0 spiro atoms. The zero-order valence-corrected chi connectivity index (χ0v) is 18.5. The summed E-state index contributed by atoms with van der Waals surface area (Å²) in [5.41, 5.74) is -0.519. The van der Waals surface area contributed by atoms with Crippen molar-refractivity contribution >= 4 is 26.5 Å². The molecule has 0 saturated heterocycles. The first-order valence-corrected chi connectivity index (χ1v) is 12.5. The molecule has 0 saturated carbocycles. The Morgan fingerprint density at radius 3 is 2.40 bits per heavy atom. The van der Waals surface area contributed by atoms with Crippen LogP contribution in [0.5, 0.6) is 5.75 Å². The van der Waals surface area contributed by atoms with Gasteiger partial charge in [-0.3, -0.25) is 9.11 Å². The number of rotatable bonds is 4. The molecule has 30 heavy (non-hydrogen) atoms. The van der Waals surface area contributed by atoms with Gasteiger partial charge in [-0.2, -0.15) is 10.6 Å². The van der Waals surface area contributed by atoms with Gasteiger partial charge in [-0.15, -0.1) is 0 Å². The van der Waals surface area contributed by atoms with Crippen LogP contribution in [0.1, 0.15) is 37.1 Å². The number of sulfone groups is 1. The van der Waals surface area contributed by atoms with Gasteiger partial charge in [0, 0.05) is 11.1 Å². The number of phenols is 1. The van der Waals surface area contributed by atoms with Gasteiger partial charge in [0.25, 0.3) is 0 Å². The third-order valence-corrected chi connectivity index (χ3v) is 8.76. The molecule has 0 aromatic heterocycles. The lowest BCUT2D eigenvalue weighted by molar-refractivity contribution is 0.0523. The average molecular weight is 456 g/mol. The van der Waals surface area contributed by atoms with E-state index in [0.717, 1.165) is 0 Å². The molecule has 4 N–H and O–H groups in total. The van der Waals surface area contributed by atoms with Gasteiger partial charge in [0.15, 0.2) is 9.84 Å². The highest BCUT2D eigenvalue weighted by molar-refractivity contribution is 8.25. The SMILES string of the molecule is CC(C)(C)OC(=O)NCc1c(O)ccc2c1C(S(=O)(=O)c1ccccc1)CS2(O)O. The fraction of sp³-hybridized carbons (Fsp3) is 0.350. The Balaban J connectivity index is 2.04. The summed E-state index contributed by atoms with van der Waals surface area (Å²) in [7, 11) is -7.37. The molecule has 0 fully saturated rings. The minimum atomic E-state index is -3.98. The Morgan fingerprint density at radius 2 is 1.80 bits per heavy atom. The van der Waals surface area contributed by atoms with Crippen LogP contribution in [0.4, 0.5) is 4.79 Å². The van der Waals surface area contributed by atoms with E-state index in [4.69, 9.17) is 4.74 Å². The first-order chi connectivity index (χ1) is 13.8. The van der Waals surface area contributed by atoms with E-state index in [-0.39, 0.29) is 33.2 Å². The van der Waals surface area contributed by atoms with Crippen LogP contribution in [0.2, 0.25) is 0 Å². The number of carbonyl (C=O) groups excluding carboxylic acids is 1. The highest BCUT2D eigenvalue weighted by Gasteiger charge is 2.45. The first-order valence-electron chi connectivity index (χ1n) is 9.19. The maximum Gasteiger partial charge on any atom is 0.407 e. The summed E-state index contributed by atoms with van der Waals surface area (Å²) >= 11 is 0. The molecule has 3 rings (SSSR count). The molecule has 1 heterocycles. The Bertz CT molecular complexity index is 1060. The van der Waals surface area contributed by atoms with Crippen LogP contribution in [0.3, 0.4) is 0 Å². The molecule has 0 bridgehead atoms. The molecule has 0 radical (unpaired) electrons. The van der Waals surface area contributed by atoms with E-state index in [2.05, 4.69) is 5.32 Å². The normalized spacial score (nSPS) is 19.0. The predicted octanol–water partition coefficient (Wildman–Crippen LogP) is 4.06. The fourth-order valence-corrected chi connectivity index (χ4v) is 7.81. The second kappa shape index (κ2) is 7.77. The van der Waals surface area contributed by atoms with E-state index in [1.165, 1.54) is 24.3 Å². The van der Waals surface area contributed by atoms with Crippen LogP contribution in [-0.2, 0) is 21.1 Å². The summed E-state index contributed by atoms with van der Waals surface area (Å²) < 4.78 is 52.8. The summed E-state index contributed by atoms with van der Waals surface area (Å²) in [6.45, 7) is 4.85. The van der Waals surface area contributed by atoms with Crippen molar-refractivity contribution in [2.45, 2.75) is 48.0 Å². The highest BCUT2D eigenvalue weighted by Crippen LogP contribution is 2.62. The smallest absolute Gasteiger partial charge is 0.407 e. The molecule has 2 aromatic rings. The molecular formula is C20H25NO7S2. The van der Waals surface area contributed by atoms with Crippen LogP contribution in [-0.4, -0.2) is 40.1 Å². The number of carbonyl (C=O) groups is 1. The summed E-state index contributed by atoms with van der Waals surface area (Å²) in [4.78, 5) is 12.1. The van der Waals surface area contributed by atoms with Crippen LogP contribution in [0, 0.1) is 0 Å². The molecule has 164 valence electrons. The van der Waals surface area contributed by atoms with E-state index in [1.807, 2.05) is 0 Å². The third-order valence-electron chi connectivity index (χ3n) is 4.60. The maximum absolute atomic E-state index is 13.3. The second-order valence-electron chi connectivity index (χ2n) is 8.01. The minimum Gasteiger partial charge on any atom is -0.508 e.